The number of benzene rings is 2. The lowest BCUT2D eigenvalue weighted by atomic mass is 9.94. The first-order valence-corrected chi connectivity index (χ1v) is 10.5. The molecule has 0 aromatic heterocycles. The van der Waals surface area contributed by atoms with Gasteiger partial charge in [0.05, 0.1) is 6.54 Å². The Hall–Kier alpha value is -2.33. The summed E-state index contributed by atoms with van der Waals surface area (Å²) < 4.78 is 0. The Morgan fingerprint density at radius 3 is 2.50 bits per heavy atom. The third kappa shape index (κ3) is 6.10. The number of aryl methyl sites for hydroxylation is 1. The Morgan fingerprint density at radius 2 is 1.75 bits per heavy atom. The van der Waals surface area contributed by atoms with Crippen molar-refractivity contribution >= 4 is 11.6 Å². The average Bonchev–Trinajstić information content (AvgIpc) is 2.73. The molecule has 0 atom stereocenters. The second-order valence-electron chi connectivity index (χ2n) is 7.98. The number of hydrogen-bond donors (Lipinski definition) is 2. The summed E-state index contributed by atoms with van der Waals surface area (Å²) in [5.74, 6) is 0.0102. The van der Waals surface area contributed by atoms with Crippen molar-refractivity contribution in [2.24, 2.45) is 0 Å². The molecule has 0 spiro atoms. The van der Waals surface area contributed by atoms with Gasteiger partial charge in [-0.3, -0.25) is 9.69 Å². The minimum atomic E-state index is 0.0102. The van der Waals surface area contributed by atoms with Crippen molar-refractivity contribution in [3.63, 3.8) is 0 Å². The minimum Gasteiger partial charge on any atom is -0.376 e. The van der Waals surface area contributed by atoms with E-state index in [2.05, 4.69) is 72.0 Å². The van der Waals surface area contributed by atoms with E-state index in [1.54, 1.807) is 0 Å². The molecule has 1 aliphatic carbocycles. The zero-order valence-electron chi connectivity index (χ0n) is 17.2. The van der Waals surface area contributed by atoms with Crippen molar-refractivity contribution in [1.82, 2.24) is 10.2 Å². The maximum Gasteiger partial charge on any atom is 0.239 e. The smallest absolute Gasteiger partial charge is 0.239 e. The van der Waals surface area contributed by atoms with Gasteiger partial charge in [0, 0.05) is 24.8 Å². The summed E-state index contributed by atoms with van der Waals surface area (Å²) in [7, 11) is 2.22. The average molecular weight is 380 g/mol. The van der Waals surface area contributed by atoms with Crippen LogP contribution in [0.1, 0.15) is 48.8 Å². The van der Waals surface area contributed by atoms with Gasteiger partial charge in [-0.1, -0.05) is 67.3 Å². The van der Waals surface area contributed by atoms with Crippen LogP contribution in [0.3, 0.4) is 0 Å². The number of carbonyl (C=O) groups excluding carboxylic acids is 1. The third-order valence-electron chi connectivity index (χ3n) is 5.68. The molecule has 0 aliphatic heterocycles. The highest BCUT2D eigenvalue weighted by atomic mass is 16.1. The maximum absolute atomic E-state index is 12.3. The molecule has 0 unspecified atom stereocenters. The molecule has 1 fully saturated rings. The molecular weight excluding hydrogens is 346 g/mol. The van der Waals surface area contributed by atoms with Crippen LogP contribution in [0.25, 0.3) is 0 Å². The van der Waals surface area contributed by atoms with Crippen molar-refractivity contribution in [2.75, 3.05) is 18.9 Å². The monoisotopic (exact) mass is 379 g/mol. The number of nitrogens with zero attached hydrogens (tertiary/aromatic N) is 1. The van der Waals surface area contributed by atoms with Gasteiger partial charge in [0.2, 0.25) is 5.91 Å². The Morgan fingerprint density at radius 1 is 1.04 bits per heavy atom. The molecule has 2 N–H and O–H groups in total. The summed E-state index contributed by atoms with van der Waals surface area (Å²) >= 11 is 0. The molecule has 0 saturated heterocycles. The van der Waals surface area contributed by atoms with Gasteiger partial charge in [-0.2, -0.15) is 0 Å². The van der Waals surface area contributed by atoms with Crippen molar-refractivity contribution in [3.05, 3.63) is 65.2 Å². The summed E-state index contributed by atoms with van der Waals surface area (Å²) in [6.45, 7) is 3.83. The highest BCUT2D eigenvalue weighted by Crippen LogP contribution is 2.24. The number of carbonyl (C=O) groups is 1. The van der Waals surface area contributed by atoms with E-state index >= 15 is 0 Å². The van der Waals surface area contributed by atoms with E-state index in [-0.39, 0.29) is 12.5 Å². The second-order valence-corrected chi connectivity index (χ2v) is 7.98. The van der Waals surface area contributed by atoms with Crippen molar-refractivity contribution < 1.29 is 4.79 Å². The fraction of sp³-hybridized carbons (Fsp3) is 0.458. The van der Waals surface area contributed by atoms with Crippen LogP contribution in [-0.2, 0) is 17.9 Å². The molecule has 3 rings (SSSR count). The molecule has 0 radical (unpaired) electrons. The number of rotatable bonds is 8. The number of hydrogen-bond acceptors (Lipinski definition) is 3. The van der Waals surface area contributed by atoms with Gasteiger partial charge in [0.15, 0.2) is 0 Å². The van der Waals surface area contributed by atoms with E-state index in [9.17, 15) is 4.79 Å². The van der Waals surface area contributed by atoms with Gasteiger partial charge < -0.3 is 10.6 Å². The lowest BCUT2D eigenvalue weighted by Gasteiger charge is -2.31. The van der Waals surface area contributed by atoms with Gasteiger partial charge in [-0.25, -0.2) is 0 Å². The Bertz CT molecular complexity index is 751. The van der Waals surface area contributed by atoms with Gasteiger partial charge in [0.1, 0.15) is 0 Å². The Kier molecular flexibility index (Phi) is 7.49. The molecule has 1 saturated carbocycles. The largest absolute Gasteiger partial charge is 0.376 e. The number of nitrogens with one attached hydrogen (secondary N) is 2. The van der Waals surface area contributed by atoms with E-state index in [4.69, 9.17) is 0 Å². The minimum absolute atomic E-state index is 0.0102. The normalized spacial score (nSPS) is 14.8. The quantitative estimate of drug-likeness (QED) is 0.710. The zero-order valence-corrected chi connectivity index (χ0v) is 17.2. The van der Waals surface area contributed by atoms with E-state index in [1.807, 2.05) is 6.07 Å². The fourth-order valence-corrected chi connectivity index (χ4v) is 3.89. The molecule has 4 heteroatoms. The predicted molar refractivity (Wildman–Crippen MR) is 116 cm³/mol. The molecule has 0 bridgehead atoms. The highest BCUT2D eigenvalue weighted by molar-refractivity contribution is 5.80. The summed E-state index contributed by atoms with van der Waals surface area (Å²) in [4.78, 5) is 14.7. The highest BCUT2D eigenvalue weighted by Gasteiger charge is 2.18. The standard InChI is InChI=1S/C24H33N3O/c1-19-12-14-20(15-13-19)16-26-24(28)17-25-23-11-7-6-8-21(23)18-27(2)22-9-4-3-5-10-22/h6-8,11-15,22,25H,3-5,9-10,16-18H2,1-2H3,(H,26,28). The van der Waals surface area contributed by atoms with Crippen LogP contribution in [0.5, 0.6) is 0 Å². The Labute approximate surface area is 169 Å². The zero-order chi connectivity index (χ0) is 19.8. The van der Waals surface area contributed by atoms with Crippen molar-refractivity contribution in [2.45, 2.75) is 58.2 Å². The molecule has 28 heavy (non-hydrogen) atoms. The van der Waals surface area contributed by atoms with Gasteiger partial charge >= 0.3 is 0 Å². The molecule has 2 aromatic rings. The number of anilines is 1. The molecule has 150 valence electrons. The van der Waals surface area contributed by atoms with Crippen LogP contribution in [0, 0.1) is 6.92 Å². The van der Waals surface area contributed by atoms with E-state index in [0.29, 0.717) is 12.6 Å². The van der Waals surface area contributed by atoms with Crippen molar-refractivity contribution in [3.8, 4) is 0 Å². The summed E-state index contributed by atoms with van der Waals surface area (Å²) in [6.07, 6.45) is 6.66. The topological polar surface area (TPSA) is 44.4 Å². The number of amides is 1. The van der Waals surface area contributed by atoms with Crippen LogP contribution in [-0.4, -0.2) is 30.4 Å². The third-order valence-corrected chi connectivity index (χ3v) is 5.68. The molecule has 1 amide bonds. The van der Waals surface area contributed by atoms with Gasteiger partial charge in [-0.15, -0.1) is 0 Å². The maximum atomic E-state index is 12.3. The first-order valence-electron chi connectivity index (χ1n) is 10.5. The van der Waals surface area contributed by atoms with Gasteiger partial charge in [0.25, 0.3) is 0 Å². The van der Waals surface area contributed by atoms with Crippen LogP contribution in [0.15, 0.2) is 48.5 Å². The van der Waals surface area contributed by atoms with E-state index < -0.39 is 0 Å². The van der Waals surface area contributed by atoms with E-state index in [0.717, 1.165) is 17.8 Å². The van der Waals surface area contributed by atoms with E-state index in [1.165, 1.54) is 43.2 Å². The van der Waals surface area contributed by atoms with Crippen LogP contribution in [0.2, 0.25) is 0 Å². The van der Waals surface area contributed by atoms with Crippen LogP contribution in [0.4, 0.5) is 5.69 Å². The Balaban J connectivity index is 1.49. The van der Waals surface area contributed by atoms with Gasteiger partial charge in [-0.05, 0) is 44.0 Å². The summed E-state index contributed by atoms with van der Waals surface area (Å²) in [5, 5.41) is 6.32. The summed E-state index contributed by atoms with van der Waals surface area (Å²) in [6, 6.07) is 17.3. The predicted octanol–water partition coefficient (Wildman–Crippen LogP) is 4.49. The van der Waals surface area contributed by atoms with Crippen LogP contribution >= 0.6 is 0 Å². The molecule has 0 heterocycles. The molecule has 1 aliphatic rings. The molecular formula is C24H33N3O. The molecule has 4 nitrogen and oxygen atoms in total. The van der Waals surface area contributed by atoms with Crippen molar-refractivity contribution in [1.29, 1.82) is 0 Å². The lowest BCUT2D eigenvalue weighted by Crippen LogP contribution is -2.33. The SMILES string of the molecule is Cc1ccc(CNC(=O)CNc2ccccc2CN(C)C2CCCCC2)cc1. The fourth-order valence-electron chi connectivity index (χ4n) is 3.89. The summed E-state index contributed by atoms with van der Waals surface area (Å²) in [5.41, 5.74) is 4.65. The molecule has 2 aromatic carbocycles. The first kappa shape index (κ1) is 20.4. The number of para-hydroxylation sites is 1. The first-order chi connectivity index (χ1) is 13.6. The second kappa shape index (κ2) is 10.3. The lowest BCUT2D eigenvalue weighted by molar-refractivity contribution is -0.119. The van der Waals surface area contributed by atoms with Crippen LogP contribution < -0.4 is 10.6 Å².